The first-order chi connectivity index (χ1) is 8.88. The van der Waals surface area contributed by atoms with Crippen LogP contribution in [0.1, 0.15) is 6.42 Å². The van der Waals surface area contributed by atoms with Crippen LogP contribution in [0, 0.1) is 5.92 Å². The number of rotatable bonds is 6. The molecule has 96 valence electrons. The maximum atomic E-state index is 5.77. The van der Waals surface area contributed by atoms with Crippen LogP contribution in [0.4, 0.5) is 0 Å². The fourth-order valence-electron chi connectivity index (χ4n) is 1.79. The summed E-state index contributed by atoms with van der Waals surface area (Å²) in [5.74, 6) is 2.10. The lowest BCUT2D eigenvalue weighted by molar-refractivity contribution is 0.272. The smallest absolute Gasteiger partial charge is 0.123 e. The van der Waals surface area contributed by atoms with E-state index in [1.54, 1.807) is 0 Å². The summed E-state index contributed by atoms with van der Waals surface area (Å²) < 4.78 is 11.2. The molecule has 3 heteroatoms. The molecule has 0 bridgehead atoms. The second kappa shape index (κ2) is 6.87. The summed E-state index contributed by atoms with van der Waals surface area (Å²) >= 11 is 0. The second-order valence-corrected chi connectivity index (χ2v) is 4.23. The zero-order chi connectivity index (χ0) is 12.6. The van der Waals surface area contributed by atoms with Gasteiger partial charge in [-0.05, 0) is 18.6 Å². The van der Waals surface area contributed by atoms with Crippen LogP contribution in [0.5, 0.6) is 11.5 Å². The van der Waals surface area contributed by atoms with Crippen molar-refractivity contribution in [1.82, 2.24) is 0 Å². The molecule has 0 spiro atoms. The highest BCUT2D eigenvalue weighted by Gasteiger charge is 2.06. The van der Waals surface area contributed by atoms with Crippen molar-refractivity contribution in [1.29, 1.82) is 0 Å². The minimum absolute atomic E-state index is 0.462. The zero-order valence-corrected chi connectivity index (χ0v) is 10.4. The van der Waals surface area contributed by atoms with E-state index >= 15 is 0 Å². The summed E-state index contributed by atoms with van der Waals surface area (Å²) in [7, 11) is 0. The van der Waals surface area contributed by atoms with Gasteiger partial charge in [-0.1, -0.05) is 30.4 Å². The highest BCUT2D eigenvalue weighted by Crippen LogP contribution is 2.21. The molecular formula is C15H19NO2. The number of hydrogen-bond acceptors (Lipinski definition) is 3. The van der Waals surface area contributed by atoms with Gasteiger partial charge in [-0.2, -0.15) is 0 Å². The van der Waals surface area contributed by atoms with Gasteiger partial charge in [-0.15, -0.1) is 0 Å². The van der Waals surface area contributed by atoms with Gasteiger partial charge < -0.3 is 15.2 Å². The van der Waals surface area contributed by atoms with Gasteiger partial charge in [0.15, 0.2) is 0 Å². The Bertz CT molecular complexity index is 426. The van der Waals surface area contributed by atoms with Gasteiger partial charge in [0.1, 0.15) is 18.1 Å². The molecule has 0 heterocycles. The van der Waals surface area contributed by atoms with E-state index in [0.29, 0.717) is 25.7 Å². The number of benzene rings is 1. The van der Waals surface area contributed by atoms with Crippen molar-refractivity contribution >= 4 is 0 Å². The van der Waals surface area contributed by atoms with E-state index in [1.807, 2.05) is 24.3 Å². The van der Waals surface area contributed by atoms with Crippen LogP contribution in [-0.2, 0) is 0 Å². The lowest BCUT2D eigenvalue weighted by Gasteiger charge is -2.14. The molecule has 1 atom stereocenters. The molecule has 0 saturated heterocycles. The molecule has 0 aliphatic heterocycles. The zero-order valence-electron chi connectivity index (χ0n) is 10.4. The Kier molecular flexibility index (Phi) is 4.85. The Morgan fingerprint density at radius 2 is 2.00 bits per heavy atom. The van der Waals surface area contributed by atoms with Crippen LogP contribution in [0.25, 0.3) is 0 Å². The van der Waals surface area contributed by atoms with Crippen LogP contribution < -0.4 is 15.2 Å². The first-order valence-electron chi connectivity index (χ1n) is 6.27. The van der Waals surface area contributed by atoms with Crippen molar-refractivity contribution < 1.29 is 9.47 Å². The van der Waals surface area contributed by atoms with Gasteiger partial charge in [0.2, 0.25) is 0 Å². The van der Waals surface area contributed by atoms with Crippen molar-refractivity contribution in [2.24, 2.45) is 11.7 Å². The Balaban J connectivity index is 1.84. The van der Waals surface area contributed by atoms with Crippen molar-refractivity contribution in [3.63, 3.8) is 0 Å². The van der Waals surface area contributed by atoms with E-state index in [0.717, 1.165) is 17.9 Å². The highest BCUT2D eigenvalue weighted by atomic mass is 16.5. The number of nitrogens with two attached hydrogens (primary N) is 1. The summed E-state index contributed by atoms with van der Waals surface area (Å²) in [5.41, 5.74) is 5.40. The molecule has 1 aliphatic rings. The van der Waals surface area contributed by atoms with Gasteiger partial charge in [-0.3, -0.25) is 0 Å². The van der Waals surface area contributed by atoms with Crippen molar-refractivity contribution in [3.05, 3.63) is 48.6 Å². The largest absolute Gasteiger partial charge is 0.493 e. The lowest BCUT2D eigenvalue weighted by Crippen LogP contribution is -2.11. The molecule has 0 aromatic heterocycles. The van der Waals surface area contributed by atoms with Crippen molar-refractivity contribution in [2.75, 3.05) is 19.8 Å². The fourth-order valence-corrected chi connectivity index (χ4v) is 1.79. The van der Waals surface area contributed by atoms with Gasteiger partial charge >= 0.3 is 0 Å². The molecule has 1 unspecified atom stereocenters. The monoisotopic (exact) mass is 245 g/mol. The van der Waals surface area contributed by atoms with Crippen LogP contribution in [0.3, 0.4) is 0 Å². The molecule has 3 nitrogen and oxygen atoms in total. The van der Waals surface area contributed by atoms with Crippen LogP contribution in [0.15, 0.2) is 48.6 Å². The Hall–Kier alpha value is -1.74. The molecule has 18 heavy (non-hydrogen) atoms. The third-order valence-corrected chi connectivity index (χ3v) is 2.73. The average molecular weight is 245 g/mol. The molecule has 2 rings (SSSR count). The van der Waals surface area contributed by atoms with Crippen molar-refractivity contribution in [3.8, 4) is 11.5 Å². The van der Waals surface area contributed by atoms with Gasteiger partial charge in [0, 0.05) is 18.5 Å². The number of allylic oxidation sites excluding steroid dienone is 3. The minimum Gasteiger partial charge on any atom is -0.493 e. The number of hydrogen-bond donors (Lipinski definition) is 1. The molecule has 2 N–H and O–H groups in total. The Morgan fingerprint density at radius 3 is 2.72 bits per heavy atom. The van der Waals surface area contributed by atoms with Crippen LogP contribution in [-0.4, -0.2) is 19.8 Å². The first-order valence-corrected chi connectivity index (χ1v) is 6.27. The molecule has 0 fully saturated rings. The average Bonchev–Trinajstić information content (AvgIpc) is 2.44. The number of ether oxygens (including phenoxy) is 2. The fraction of sp³-hybridized carbons (Fsp3) is 0.333. The Labute approximate surface area is 108 Å². The molecule has 0 amide bonds. The highest BCUT2D eigenvalue weighted by molar-refractivity contribution is 5.33. The van der Waals surface area contributed by atoms with Gasteiger partial charge in [0.05, 0.1) is 6.61 Å². The van der Waals surface area contributed by atoms with E-state index in [-0.39, 0.29) is 0 Å². The van der Waals surface area contributed by atoms with E-state index in [9.17, 15) is 0 Å². The maximum absolute atomic E-state index is 5.77. The standard InChI is InChI=1S/C15H19NO2/c16-9-10-17-14-7-4-8-15(11-14)18-12-13-5-2-1-3-6-13/h1-5,7-8,11,13H,6,9-10,12,16H2. The SMILES string of the molecule is NCCOc1cccc(OCC2C=CC=CC2)c1. The minimum atomic E-state index is 0.462. The lowest BCUT2D eigenvalue weighted by atomic mass is 10.0. The molecule has 1 aromatic rings. The summed E-state index contributed by atoms with van der Waals surface area (Å²) in [6.07, 6.45) is 9.51. The van der Waals surface area contributed by atoms with E-state index in [1.165, 1.54) is 0 Å². The summed E-state index contributed by atoms with van der Waals surface area (Å²) in [6, 6.07) is 7.68. The van der Waals surface area contributed by atoms with Crippen LogP contribution >= 0.6 is 0 Å². The summed E-state index contributed by atoms with van der Waals surface area (Å²) in [5, 5.41) is 0. The van der Waals surface area contributed by atoms with E-state index in [2.05, 4.69) is 24.3 Å². The Morgan fingerprint density at radius 1 is 1.17 bits per heavy atom. The van der Waals surface area contributed by atoms with E-state index < -0.39 is 0 Å². The quantitative estimate of drug-likeness (QED) is 0.837. The normalized spacial score (nSPS) is 17.7. The predicted octanol–water partition coefficient (Wildman–Crippen LogP) is 2.54. The summed E-state index contributed by atoms with van der Waals surface area (Å²) in [4.78, 5) is 0. The predicted molar refractivity (Wildman–Crippen MR) is 72.9 cm³/mol. The van der Waals surface area contributed by atoms with Gasteiger partial charge in [0.25, 0.3) is 0 Å². The second-order valence-electron chi connectivity index (χ2n) is 4.23. The van der Waals surface area contributed by atoms with Crippen molar-refractivity contribution in [2.45, 2.75) is 6.42 Å². The summed E-state index contributed by atoms with van der Waals surface area (Å²) in [6.45, 7) is 1.74. The third kappa shape index (κ3) is 3.93. The van der Waals surface area contributed by atoms with Gasteiger partial charge in [-0.25, -0.2) is 0 Å². The molecule has 1 aliphatic carbocycles. The maximum Gasteiger partial charge on any atom is 0.123 e. The molecule has 1 aromatic carbocycles. The van der Waals surface area contributed by atoms with E-state index in [4.69, 9.17) is 15.2 Å². The molecule has 0 saturated carbocycles. The third-order valence-electron chi connectivity index (χ3n) is 2.73. The molecular weight excluding hydrogens is 226 g/mol. The van der Waals surface area contributed by atoms with Crippen LogP contribution in [0.2, 0.25) is 0 Å². The first kappa shape index (κ1) is 12.7. The molecule has 0 radical (unpaired) electrons. The topological polar surface area (TPSA) is 44.5 Å².